The molecule has 118 valence electrons. The van der Waals surface area contributed by atoms with Gasteiger partial charge in [0.05, 0.1) is 12.6 Å². The number of hydrogen-bond donors (Lipinski definition) is 2. The number of carbonyl (C=O) groups excluding carboxylic acids is 1. The fraction of sp³-hybridized carbons (Fsp3) is 0.333. The Morgan fingerprint density at radius 2 is 2.00 bits per heavy atom. The fourth-order valence-corrected chi connectivity index (χ4v) is 1.60. The van der Waals surface area contributed by atoms with Crippen molar-refractivity contribution in [3.05, 3.63) is 42.2 Å². The van der Waals surface area contributed by atoms with E-state index in [4.69, 9.17) is 5.73 Å². The monoisotopic (exact) mass is 303 g/mol. The molecule has 2 aromatic rings. The maximum Gasteiger partial charge on any atom is 0.302 e. The smallest absolute Gasteiger partial charge is 0.302 e. The molecular weight excluding hydrogens is 282 g/mol. The van der Waals surface area contributed by atoms with E-state index in [2.05, 4.69) is 25.0 Å². The van der Waals surface area contributed by atoms with Crippen molar-refractivity contribution in [3.8, 4) is 0 Å². The van der Waals surface area contributed by atoms with Crippen molar-refractivity contribution in [2.75, 3.05) is 17.7 Å². The summed E-state index contributed by atoms with van der Waals surface area (Å²) in [6.07, 6.45) is 1.39. The molecular formula is C15H21N5O2. The van der Waals surface area contributed by atoms with Crippen LogP contribution in [-0.4, -0.2) is 27.5 Å². The predicted molar refractivity (Wildman–Crippen MR) is 85.0 cm³/mol. The van der Waals surface area contributed by atoms with Gasteiger partial charge in [-0.1, -0.05) is 30.3 Å². The lowest BCUT2D eigenvalue weighted by Gasteiger charge is -2.13. The number of hydrogen-bond acceptors (Lipinski definition) is 7. The molecule has 2 rings (SSSR count). The lowest BCUT2D eigenvalue weighted by molar-refractivity contribution is -0.140. The number of nitrogens with zero attached hydrogens (tertiary/aromatic N) is 3. The molecule has 7 nitrogen and oxygen atoms in total. The molecule has 1 aromatic carbocycles. The van der Waals surface area contributed by atoms with Crippen molar-refractivity contribution < 1.29 is 9.53 Å². The molecule has 0 aliphatic heterocycles. The van der Waals surface area contributed by atoms with Gasteiger partial charge < -0.3 is 15.8 Å². The van der Waals surface area contributed by atoms with Gasteiger partial charge in [0.15, 0.2) is 0 Å². The van der Waals surface area contributed by atoms with Crippen LogP contribution in [0.4, 0.5) is 11.9 Å². The highest BCUT2D eigenvalue weighted by molar-refractivity contribution is 5.65. The molecule has 1 unspecified atom stereocenters. The van der Waals surface area contributed by atoms with Crippen LogP contribution >= 0.6 is 0 Å². The molecule has 0 amide bonds. The number of nitrogen functional groups attached to an aromatic ring is 1. The molecule has 0 bridgehead atoms. The van der Waals surface area contributed by atoms with Gasteiger partial charge in [-0.15, -0.1) is 0 Å². The minimum Gasteiger partial charge on any atom is -0.466 e. The minimum absolute atomic E-state index is 0.128. The maximum atomic E-state index is 9.82. The summed E-state index contributed by atoms with van der Waals surface area (Å²) in [4.78, 5) is 21.5. The molecule has 0 radical (unpaired) electrons. The first kappa shape index (κ1) is 17.4. The van der Waals surface area contributed by atoms with E-state index < -0.39 is 0 Å². The van der Waals surface area contributed by atoms with Crippen LogP contribution in [0, 0.1) is 0 Å². The van der Waals surface area contributed by atoms with Crippen molar-refractivity contribution in [1.29, 1.82) is 0 Å². The van der Waals surface area contributed by atoms with Crippen molar-refractivity contribution in [2.45, 2.75) is 26.8 Å². The van der Waals surface area contributed by atoms with Gasteiger partial charge in [0.25, 0.3) is 0 Å². The summed E-state index contributed by atoms with van der Waals surface area (Å²) in [5, 5.41) is 3.16. The summed E-state index contributed by atoms with van der Waals surface area (Å²) < 4.78 is 4.40. The van der Waals surface area contributed by atoms with E-state index in [0.29, 0.717) is 12.6 Å². The fourth-order valence-electron chi connectivity index (χ4n) is 1.60. The lowest BCUT2D eigenvalue weighted by atomic mass is 10.1. The molecule has 0 spiro atoms. The summed E-state index contributed by atoms with van der Waals surface area (Å²) in [6, 6.07) is 10.2. The van der Waals surface area contributed by atoms with Gasteiger partial charge in [-0.3, -0.25) is 4.79 Å². The molecule has 0 saturated heterocycles. The Labute approximate surface area is 130 Å². The van der Waals surface area contributed by atoms with Crippen LogP contribution in [0.1, 0.15) is 32.4 Å². The van der Waals surface area contributed by atoms with Crippen LogP contribution < -0.4 is 11.1 Å². The Bertz CT molecular complexity index is 577. The molecule has 22 heavy (non-hydrogen) atoms. The molecule has 0 fully saturated rings. The average Bonchev–Trinajstić information content (AvgIpc) is 2.48. The van der Waals surface area contributed by atoms with Gasteiger partial charge in [0, 0.05) is 6.92 Å². The number of benzene rings is 1. The van der Waals surface area contributed by atoms with Crippen molar-refractivity contribution in [1.82, 2.24) is 15.0 Å². The molecule has 7 heteroatoms. The highest BCUT2D eigenvalue weighted by Crippen LogP contribution is 2.15. The number of nitrogens with two attached hydrogens (primary N) is 1. The zero-order valence-corrected chi connectivity index (χ0v) is 13.0. The molecule has 1 atom stereocenters. The van der Waals surface area contributed by atoms with E-state index in [0.717, 1.165) is 0 Å². The molecule has 0 aliphatic carbocycles. The van der Waals surface area contributed by atoms with E-state index in [1.54, 1.807) is 6.92 Å². The van der Waals surface area contributed by atoms with Crippen LogP contribution in [0.25, 0.3) is 0 Å². The molecule has 0 saturated carbocycles. The highest BCUT2D eigenvalue weighted by Gasteiger charge is 2.06. The second kappa shape index (κ2) is 9.28. The van der Waals surface area contributed by atoms with Crippen molar-refractivity contribution >= 4 is 17.9 Å². The van der Waals surface area contributed by atoms with Crippen LogP contribution in [-0.2, 0) is 9.53 Å². The van der Waals surface area contributed by atoms with E-state index >= 15 is 0 Å². The zero-order valence-electron chi connectivity index (χ0n) is 13.0. The summed E-state index contributed by atoms with van der Waals surface area (Å²) in [5.74, 6) is 0.499. The van der Waals surface area contributed by atoms with Gasteiger partial charge in [0.2, 0.25) is 11.9 Å². The van der Waals surface area contributed by atoms with Crippen LogP contribution in [0.5, 0.6) is 0 Å². The van der Waals surface area contributed by atoms with E-state index in [1.165, 1.54) is 18.8 Å². The maximum absolute atomic E-state index is 9.82. The lowest BCUT2D eigenvalue weighted by Crippen LogP contribution is -2.10. The van der Waals surface area contributed by atoms with E-state index in [9.17, 15) is 4.79 Å². The first-order chi connectivity index (χ1) is 10.5. The Hall–Kier alpha value is -2.70. The molecule has 0 aliphatic rings. The zero-order chi connectivity index (χ0) is 16.4. The summed E-state index contributed by atoms with van der Waals surface area (Å²) in [7, 11) is 0. The third kappa shape index (κ3) is 6.65. The Morgan fingerprint density at radius 1 is 1.32 bits per heavy atom. The van der Waals surface area contributed by atoms with Gasteiger partial charge in [-0.2, -0.15) is 4.98 Å². The van der Waals surface area contributed by atoms with Gasteiger partial charge >= 0.3 is 5.97 Å². The normalized spacial score (nSPS) is 10.9. The summed E-state index contributed by atoms with van der Waals surface area (Å²) >= 11 is 0. The summed E-state index contributed by atoms with van der Waals surface area (Å²) in [5.41, 5.74) is 6.64. The van der Waals surface area contributed by atoms with Gasteiger partial charge in [-0.05, 0) is 19.4 Å². The SMILES string of the molecule is CC(Nc1ncnc(N)n1)c1ccccc1.CCOC(C)=O. The highest BCUT2D eigenvalue weighted by atomic mass is 16.5. The summed E-state index contributed by atoms with van der Waals surface area (Å²) in [6.45, 7) is 5.69. The topological polar surface area (TPSA) is 103 Å². The number of rotatable bonds is 4. The molecule has 1 heterocycles. The van der Waals surface area contributed by atoms with Gasteiger partial charge in [0.1, 0.15) is 6.33 Å². The molecule has 1 aromatic heterocycles. The Kier molecular flexibility index (Phi) is 7.32. The Balaban J connectivity index is 0.000000346. The first-order valence-electron chi connectivity index (χ1n) is 6.92. The van der Waals surface area contributed by atoms with Crippen LogP contribution in [0.3, 0.4) is 0 Å². The quantitative estimate of drug-likeness (QED) is 0.834. The molecule has 3 N–H and O–H groups in total. The van der Waals surface area contributed by atoms with Crippen LogP contribution in [0.2, 0.25) is 0 Å². The number of nitrogens with one attached hydrogen (secondary N) is 1. The number of esters is 1. The average molecular weight is 303 g/mol. The predicted octanol–water partition coefficient (Wildman–Crippen LogP) is 2.20. The van der Waals surface area contributed by atoms with Crippen molar-refractivity contribution in [3.63, 3.8) is 0 Å². The third-order valence-corrected chi connectivity index (χ3v) is 2.58. The van der Waals surface area contributed by atoms with E-state index in [1.807, 2.05) is 37.3 Å². The van der Waals surface area contributed by atoms with E-state index in [-0.39, 0.29) is 18.0 Å². The number of anilines is 2. The van der Waals surface area contributed by atoms with Gasteiger partial charge in [-0.25, -0.2) is 9.97 Å². The standard InChI is InChI=1S/C11H13N5.C4H8O2/c1-8(9-5-3-2-4-6-9)15-11-14-7-13-10(12)16-11;1-3-6-4(2)5/h2-8H,1H3,(H3,12,13,14,15,16);3H2,1-2H3. The third-order valence-electron chi connectivity index (χ3n) is 2.58. The number of aromatic nitrogens is 3. The number of carbonyl (C=O) groups is 1. The Morgan fingerprint density at radius 3 is 2.50 bits per heavy atom. The van der Waals surface area contributed by atoms with Crippen LogP contribution in [0.15, 0.2) is 36.7 Å². The number of ether oxygens (including phenoxy) is 1. The first-order valence-corrected chi connectivity index (χ1v) is 6.92. The van der Waals surface area contributed by atoms with Crippen molar-refractivity contribution in [2.24, 2.45) is 0 Å². The second-order valence-corrected chi connectivity index (χ2v) is 4.37. The largest absolute Gasteiger partial charge is 0.466 e. The second-order valence-electron chi connectivity index (χ2n) is 4.37. The minimum atomic E-state index is -0.211.